The van der Waals surface area contributed by atoms with E-state index in [1.807, 2.05) is 31.2 Å². The molecule has 1 amide bonds. The van der Waals surface area contributed by atoms with Gasteiger partial charge in [-0.15, -0.1) is 0 Å². The van der Waals surface area contributed by atoms with Crippen molar-refractivity contribution in [3.8, 4) is 0 Å². The van der Waals surface area contributed by atoms with Crippen molar-refractivity contribution in [1.82, 2.24) is 10.6 Å². The Bertz CT molecular complexity index is 404. The number of amides is 1. The zero-order valence-electron chi connectivity index (χ0n) is 9.87. The fourth-order valence-electron chi connectivity index (χ4n) is 1.69. The van der Waals surface area contributed by atoms with E-state index < -0.39 is 0 Å². The van der Waals surface area contributed by atoms with Crippen LogP contribution in [0, 0.1) is 0 Å². The lowest BCUT2D eigenvalue weighted by Gasteiger charge is -2.15. The topological polar surface area (TPSA) is 41.1 Å². The number of benzene rings is 1. The second-order valence-electron chi connectivity index (χ2n) is 4.47. The molecule has 1 aromatic rings. The predicted octanol–water partition coefficient (Wildman–Crippen LogP) is 2.27. The molecule has 1 atom stereocenters. The summed E-state index contributed by atoms with van der Waals surface area (Å²) in [4.78, 5) is 11.5. The average Bonchev–Trinajstić information content (AvgIpc) is 3.10. The molecule has 4 heteroatoms. The smallest absolute Gasteiger partial charge is 0.234 e. The van der Waals surface area contributed by atoms with Crippen molar-refractivity contribution in [1.29, 1.82) is 0 Å². The molecule has 3 nitrogen and oxygen atoms in total. The van der Waals surface area contributed by atoms with E-state index in [1.165, 1.54) is 0 Å². The molecular formula is C13H17ClN2O. The van der Waals surface area contributed by atoms with Gasteiger partial charge in [0.05, 0.1) is 6.54 Å². The average molecular weight is 253 g/mol. The normalized spacial score (nSPS) is 16.6. The molecule has 0 saturated heterocycles. The number of nitrogens with one attached hydrogen (secondary N) is 2. The fourth-order valence-corrected chi connectivity index (χ4v) is 1.99. The summed E-state index contributed by atoms with van der Waals surface area (Å²) < 4.78 is 0. The highest BCUT2D eigenvalue weighted by atomic mass is 35.5. The summed E-state index contributed by atoms with van der Waals surface area (Å²) in [5, 5.41) is 6.85. The Morgan fingerprint density at radius 3 is 2.82 bits per heavy atom. The van der Waals surface area contributed by atoms with Crippen molar-refractivity contribution in [3.05, 3.63) is 34.9 Å². The van der Waals surface area contributed by atoms with E-state index in [-0.39, 0.29) is 11.9 Å². The third kappa shape index (κ3) is 3.72. The number of carbonyl (C=O) groups is 1. The minimum atomic E-state index is 0.0615. The van der Waals surface area contributed by atoms with Gasteiger partial charge in [0.1, 0.15) is 0 Å². The third-order valence-electron chi connectivity index (χ3n) is 2.88. The van der Waals surface area contributed by atoms with Crippen LogP contribution in [-0.4, -0.2) is 18.5 Å². The minimum Gasteiger partial charge on any atom is -0.352 e. The van der Waals surface area contributed by atoms with Gasteiger partial charge >= 0.3 is 0 Å². The second kappa shape index (κ2) is 5.52. The third-order valence-corrected chi connectivity index (χ3v) is 3.23. The maximum atomic E-state index is 11.5. The summed E-state index contributed by atoms with van der Waals surface area (Å²) in [7, 11) is 0. The maximum absolute atomic E-state index is 11.5. The largest absolute Gasteiger partial charge is 0.352 e. The van der Waals surface area contributed by atoms with E-state index in [9.17, 15) is 4.79 Å². The molecule has 92 valence electrons. The lowest BCUT2D eigenvalue weighted by molar-refractivity contribution is -0.120. The first-order chi connectivity index (χ1) is 8.16. The van der Waals surface area contributed by atoms with Gasteiger partial charge in [0.25, 0.3) is 0 Å². The molecular weight excluding hydrogens is 236 g/mol. The van der Waals surface area contributed by atoms with Crippen molar-refractivity contribution < 1.29 is 4.79 Å². The van der Waals surface area contributed by atoms with Gasteiger partial charge in [-0.05, 0) is 31.4 Å². The molecule has 1 fully saturated rings. The molecule has 0 spiro atoms. The van der Waals surface area contributed by atoms with Crippen LogP contribution in [0.25, 0.3) is 0 Å². The molecule has 0 heterocycles. The molecule has 0 unspecified atom stereocenters. The van der Waals surface area contributed by atoms with E-state index >= 15 is 0 Å². The Hall–Kier alpha value is -1.06. The highest BCUT2D eigenvalue weighted by Gasteiger charge is 2.23. The van der Waals surface area contributed by atoms with Crippen LogP contribution in [0.5, 0.6) is 0 Å². The molecule has 0 bridgehead atoms. The number of hydrogen-bond acceptors (Lipinski definition) is 2. The molecule has 0 aromatic heterocycles. The number of carbonyl (C=O) groups excluding carboxylic acids is 1. The standard InChI is InChI=1S/C13H17ClN2O/c1-9(11-4-2-3-5-12(11)14)15-8-13(17)16-10-6-7-10/h2-5,9-10,15H,6-8H2,1H3,(H,16,17)/t9-/m1/s1. The number of halogens is 1. The van der Waals surface area contributed by atoms with Gasteiger partial charge in [-0.2, -0.15) is 0 Å². The van der Waals surface area contributed by atoms with Crippen molar-refractivity contribution in [2.24, 2.45) is 0 Å². The highest BCUT2D eigenvalue weighted by molar-refractivity contribution is 6.31. The van der Waals surface area contributed by atoms with Crippen LogP contribution in [0.15, 0.2) is 24.3 Å². The van der Waals surface area contributed by atoms with Gasteiger partial charge in [0.15, 0.2) is 0 Å². The Balaban J connectivity index is 1.82. The molecule has 1 aliphatic rings. The van der Waals surface area contributed by atoms with E-state index in [2.05, 4.69) is 10.6 Å². The first kappa shape index (κ1) is 12.4. The summed E-state index contributed by atoms with van der Waals surface area (Å²) in [6.07, 6.45) is 2.23. The zero-order chi connectivity index (χ0) is 12.3. The summed E-state index contributed by atoms with van der Waals surface area (Å²) in [5.41, 5.74) is 1.02. The second-order valence-corrected chi connectivity index (χ2v) is 4.87. The van der Waals surface area contributed by atoms with Gasteiger partial charge in [-0.1, -0.05) is 29.8 Å². The molecule has 2 rings (SSSR count). The number of hydrogen-bond donors (Lipinski definition) is 2. The molecule has 2 N–H and O–H groups in total. The van der Waals surface area contributed by atoms with E-state index in [0.29, 0.717) is 12.6 Å². The van der Waals surface area contributed by atoms with Crippen LogP contribution < -0.4 is 10.6 Å². The van der Waals surface area contributed by atoms with E-state index in [0.717, 1.165) is 23.4 Å². The van der Waals surface area contributed by atoms with Crippen LogP contribution in [0.1, 0.15) is 31.4 Å². The molecule has 0 radical (unpaired) electrons. The highest BCUT2D eigenvalue weighted by Crippen LogP contribution is 2.22. The molecule has 1 aliphatic carbocycles. The van der Waals surface area contributed by atoms with Crippen molar-refractivity contribution in [3.63, 3.8) is 0 Å². The van der Waals surface area contributed by atoms with Crippen molar-refractivity contribution >= 4 is 17.5 Å². The van der Waals surface area contributed by atoms with E-state index in [1.54, 1.807) is 0 Å². The van der Waals surface area contributed by atoms with Crippen LogP contribution in [0.4, 0.5) is 0 Å². The Morgan fingerprint density at radius 1 is 1.47 bits per heavy atom. The molecule has 1 saturated carbocycles. The molecule has 17 heavy (non-hydrogen) atoms. The van der Waals surface area contributed by atoms with Gasteiger partial charge < -0.3 is 10.6 Å². The molecule has 0 aliphatic heterocycles. The Morgan fingerprint density at radius 2 is 2.18 bits per heavy atom. The van der Waals surface area contributed by atoms with Crippen LogP contribution in [0.2, 0.25) is 5.02 Å². The van der Waals surface area contributed by atoms with Crippen LogP contribution in [0.3, 0.4) is 0 Å². The summed E-state index contributed by atoms with van der Waals surface area (Å²) in [5.74, 6) is 0.0615. The predicted molar refractivity (Wildman–Crippen MR) is 69.0 cm³/mol. The maximum Gasteiger partial charge on any atom is 0.234 e. The van der Waals surface area contributed by atoms with Crippen LogP contribution in [-0.2, 0) is 4.79 Å². The van der Waals surface area contributed by atoms with Gasteiger partial charge in [0.2, 0.25) is 5.91 Å². The summed E-state index contributed by atoms with van der Waals surface area (Å²) >= 11 is 6.09. The minimum absolute atomic E-state index is 0.0615. The Kier molecular flexibility index (Phi) is 4.02. The van der Waals surface area contributed by atoms with Gasteiger partial charge in [0, 0.05) is 17.1 Å². The lowest BCUT2D eigenvalue weighted by atomic mass is 10.1. The van der Waals surface area contributed by atoms with Crippen molar-refractivity contribution in [2.75, 3.05) is 6.54 Å². The quantitative estimate of drug-likeness (QED) is 0.844. The summed E-state index contributed by atoms with van der Waals surface area (Å²) in [6.45, 7) is 2.34. The van der Waals surface area contributed by atoms with Gasteiger partial charge in [-0.25, -0.2) is 0 Å². The van der Waals surface area contributed by atoms with Crippen LogP contribution >= 0.6 is 11.6 Å². The Labute approximate surface area is 107 Å². The monoisotopic (exact) mass is 252 g/mol. The molecule has 1 aromatic carbocycles. The first-order valence-corrected chi connectivity index (χ1v) is 6.32. The lowest BCUT2D eigenvalue weighted by Crippen LogP contribution is -2.36. The fraction of sp³-hybridized carbons (Fsp3) is 0.462. The zero-order valence-corrected chi connectivity index (χ0v) is 10.6. The first-order valence-electron chi connectivity index (χ1n) is 5.94. The van der Waals surface area contributed by atoms with Crippen molar-refractivity contribution in [2.45, 2.75) is 31.8 Å². The van der Waals surface area contributed by atoms with Gasteiger partial charge in [-0.3, -0.25) is 4.79 Å². The summed E-state index contributed by atoms with van der Waals surface area (Å²) in [6, 6.07) is 8.17. The van der Waals surface area contributed by atoms with E-state index in [4.69, 9.17) is 11.6 Å². The SMILES string of the molecule is C[C@@H](NCC(=O)NC1CC1)c1ccccc1Cl. The number of rotatable bonds is 5.